The largest absolute Gasteiger partial charge is 0.392 e. The zero-order valence-corrected chi connectivity index (χ0v) is 15.2. The summed E-state index contributed by atoms with van der Waals surface area (Å²) in [4.78, 5) is 17.8. The summed E-state index contributed by atoms with van der Waals surface area (Å²) >= 11 is 0. The number of aliphatic hydroxyl groups excluding tert-OH is 1. The summed E-state index contributed by atoms with van der Waals surface area (Å²) in [6, 6.07) is 0. The normalized spacial score (nSPS) is 11.5. The van der Waals surface area contributed by atoms with Crippen LogP contribution in [-0.4, -0.2) is 58.3 Å². The monoisotopic (exact) mass is 356 g/mol. The van der Waals surface area contributed by atoms with E-state index in [1.54, 1.807) is 21.0 Å². The first kappa shape index (κ1) is 19.9. The summed E-state index contributed by atoms with van der Waals surface area (Å²) < 4.78 is 0. The van der Waals surface area contributed by atoms with Crippen LogP contribution in [-0.2, 0) is 0 Å². The van der Waals surface area contributed by atoms with Gasteiger partial charge in [0.05, 0.1) is 6.10 Å². The third kappa shape index (κ3) is 4.68. The molecule has 0 saturated carbocycles. The Hall–Kier alpha value is -2.13. The maximum absolute atomic E-state index is 9.39. The van der Waals surface area contributed by atoms with Crippen LogP contribution in [0, 0.1) is 0 Å². The Balaban J connectivity index is 0.00000288. The van der Waals surface area contributed by atoms with Crippen LogP contribution in [0.3, 0.4) is 0 Å². The summed E-state index contributed by atoms with van der Waals surface area (Å²) in [7, 11) is 3.57. The second kappa shape index (κ2) is 9.24. The number of hydrogen-bond acceptors (Lipinski definition) is 9. The molecule has 0 fully saturated rings. The molecule has 24 heavy (non-hydrogen) atoms. The summed E-state index contributed by atoms with van der Waals surface area (Å²) in [5.41, 5.74) is 1.25. The van der Waals surface area contributed by atoms with Gasteiger partial charge in [0, 0.05) is 27.2 Å². The summed E-state index contributed by atoms with van der Waals surface area (Å²) in [6.07, 6.45) is 0.487. The van der Waals surface area contributed by atoms with Crippen LogP contribution in [0.2, 0.25) is 0 Å². The number of aromatic nitrogens is 4. The average molecular weight is 357 g/mol. The molecule has 0 aliphatic rings. The Bertz CT molecular complexity index is 667. The fourth-order valence-electron chi connectivity index (χ4n) is 2.00. The lowest BCUT2D eigenvalue weighted by atomic mass is 10.3. The first-order valence-electron chi connectivity index (χ1n) is 7.70. The van der Waals surface area contributed by atoms with E-state index in [-0.39, 0.29) is 12.4 Å². The highest BCUT2D eigenvalue weighted by Crippen LogP contribution is 2.26. The molecule has 0 spiro atoms. The van der Waals surface area contributed by atoms with E-state index in [0.717, 1.165) is 13.0 Å². The van der Waals surface area contributed by atoms with Crippen LogP contribution in [0.5, 0.6) is 0 Å². The van der Waals surface area contributed by atoms with Gasteiger partial charge >= 0.3 is 0 Å². The number of fused-ring (bicyclic) bond motifs is 1. The molecule has 0 amide bonds. The van der Waals surface area contributed by atoms with Gasteiger partial charge in [0.1, 0.15) is 11.0 Å². The minimum Gasteiger partial charge on any atom is -0.392 e. The van der Waals surface area contributed by atoms with Crippen molar-refractivity contribution in [3.05, 3.63) is 0 Å². The highest BCUT2D eigenvalue weighted by molar-refractivity contribution is 5.94. The van der Waals surface area contributed by atoms with Crippen LogP contribution >= 0.6 is 12.4 Å². The van der Waals surface area contributed by atoms with Crippen LogP contribution in [0.1, 0.15) is 20.3 Å². The molecule has 0 radical (unpaired) electrons. The number of nitrogens with zero attached hydrogens (tertiary/aromatic N) is 4. The number of nitrogens with one attached hydrogen (secondary N) is 4. The number of aliphatic hydroxyl groups is 1. The first-order valence-corrected chi connectivity index (χ1v) is 7.70. The second-order valence-electron chi connectivity index (χ2n) is 5.15. The molecule has 134 valence electrons. The van der Waals surface area contributed by atoms with Crippen molar-refractivity contribution in [2.75, 3.05) is 48.5 Å². The third-order valence-corrected chi connectivity index (χ3v) is 3.11. The lowest BCUT2D eigenvalue weighted by Crippen LogP contribution is -2.18. The van der Waals surface area contributed by atoms with E-state index in [2.05, 4.69) is 48.1 Å². The van der Waals surface area contributed by atoms with Gasteiger partial charge in [-0.15, -0.1) is 12.4 Å². The van der Waals surface area contributed by atoms with E-state index in [9.17, 15) is 5.11 Å². The Morgan fingerprint density at radius 2 is 1.42 bits per heavy atom. The Morgan fingerprint density at radius 1 is 0.917 bits per heavy atom. The van der Waals surface area contributed by atoms with E-state index < -0.39 is 6.10 Å². The van der Waals surface area contributed by atoms with Gasteiger partial charge in [0.15, 0.2) is 11.6 Å². The molecule has 1 atom stereocenters. The Labute approximate surface area is 147 Å². The van der Waals surface area contributed by atoms with Gasteiger partial charge in [-0.3, -0.25) is 0 Å². The molecular weight excluding hydrogens is 332 g/mol. The van der Waals surface area contributed by atoms with E-state index in [1.165, 1.54) is 0 Å². The zero-order chi connectivity index (χ0) is 16.8. The smallest absolute Gasteiger partial charge is 0.225 e. The highest BCUT2D eigenvalue weighted by Gasteiger charge is 2.14. The number of halogens is 1. The van der Waals surface area contributed by atoms with E-state index >= 15 is 0 Å². The van der Waals surface area contributed by atoms with Gasteiger partial charge in [0.25, 0.3) is 0 Å². The lowest BCUT2D eigenvalue weighted by molar-refractivity contribution is 0.208. The van der Waals surface area contributed by atoms with Crippen molar-refractivity contribution < 1.29 is 5.11 Å². The van der Waals surface area contributed by atoms with Crippen LogP contribution in [0.25, 0.3) is 11.0 Å². The molecule has 0 saturated heterocycles. The summed E-state index contributed by atoms with van der Waals surface area (Å²) in [5.74, 6) is 2.17. The maximum atomic E-state index is 9.39. The van der Waals surface area contributed by atoms with Crippen LogP contribution in [0.15, 0.2) is 0 Å². The van der Waals surface area contributed by atoms with E-state index in [1.807, 2.05) is 0 Å². The second-order valence-corrected chi connectivity index (χ2v) is 5.15. The van der Waals surface area contributed by atoms with Crippen LogP contribution in [0.4, 0.5) is 23.5 Å². The number of hydrogen-bond donors (Lipinski definition) is 5. The Kier molecular flexibility index (Phi) is 7.66. The molecule has 9 nitrogen and oxygen atoms in total. The molecule has 0 bridgehead atoms. The molecule has 0 aliphatic heterocycles. The fourth-order valence-corrected chi connectivity index (χ4v) is 2.00. The van der Waals surface area contributed by atoms with Gasteiger partial charge in [-0.25, -0.2) is 9.97 Å². The van der Waals surface area contributed by atoms with Crippen molar-refractivity contribution in [2.24, 2.45) is 0 Å². The fraction of sp³-hybridized carbons (Fsp3) is 0.571. The standard InChI is InChI=1S/C14H24N8O.ClH/c1-5-6-17-13-19-9-10(11(15-3)21-13)20-14(18-7-8(2)23)22-12(9)16-4;/h8,23H,5-7H2,1-4H3,(H2,15,17,19,21)(H2,16,18,20,22);1H/t8-;/m0./s1. The van der Waals surface area contributed by atoms with Crippen molar-refractivity contribution in [3.63, 3.8) is 0 Å². The van der Waals surface area contributed by atoms with Gasteiger partial charge < -0.3 is 26.4 Å². The van der Waals surface area contributed by atoms with E-state index in [0.29, 0.717) is 41.1 Å². The molecule has 0 unspecified atom stereocenters. The molecule has 5 N–H and O–H groups in total. The zero-order valence-electron chi connectivity index (χ0n) is 14.3. The van der Waals surface area contributed by atoms with Gasteiger partial charge in [-0.05, 0) is 13.3 Å². The molecule has 10 heteroatoms. The summed E-state index contributed by atoms with van der Waals surface area (Å²) in [5, 5.41) is 21.6. The van der Waals surface area contributed by atoms with Gasteiger partial charge in [0.2, 0.25) is 11.9 Å². The molecule has 0 aromatic carbocycles. The van der Waals surface area contributed by atoms with Crippen molar-refractivity contribution in [1.82, 2.24) is 19.9 Å². The minimum absolute atomic E-state index is 0. The predicted octanol–water partition coefficient (Wildman–Crippen LogP) is 1.54. The SMILES string of the molecule is CCCNc1nc(NC)c2nc(NC[C@H](C)O)nc(NC)c2n1.Cl. The quantitative estimate of drug-likeness (QED) is 0.479. The van der Waals surface area contributed by atoms with Crippen LogP contribution < -0.4 is 21.3 Å². The van der Waals surface area contributed by atoms with Gasteiger partial charge in [-0.1, -0.05) is 6.92 Å². The first-order chi connectivity index (χ1) is 11.1. The topological polar surface area (TPSA) is 120 Å². The maximum Gasteiger partial charge on any atom is 0.225 e. The molecule has 2 heterocycles. The van der Waals surface area contributed by atoms with Crippen molar-refractivity contribution in [2.45, 2.75) is 26.4 Å². The highest BCUT2D eigenvalue weighted by atomic mass is 35.5. The van der Waals surface area contributed by atoms with E-state index in [4.69, 9.17) is 0 Å². The number of rotatable bonds is 8. The molecule has 0 aliphatic carbocycles. The molecular formula is C14H25ClN8O. The van der Waals surface area contributed by atoms with Crippen molar-refractivity contribution in [3.8, 4) is 0 Å². The number of anilines is 4. The average Bonchev–Trinajstić information content (AvgIpc) is 2.56. The molecule has 2 aromatic heterocycles. The third-order valence-electron chi connectivity index (χ3n) is 3.11. The molecule has 2 aromatic rings. The predicted molar refractivity (Wildman–Crippen MR) is 100 cm³/mol. The van der Waals surface area contributed by atoms with Gasteiger partial charge in [-0.2, -0.15) is 9.97 Å². The Morgan fingerprint density at radius 3 is 1.83 bits per heavy atom. The minimum atomic E-state index is -0.493. The summed E-state index contributed by atoms with van der Waals surface area (Å²) in [6.45, 7) is 4.93. The van der Waals surface area contributed by atoms with Crippen molar-refractivity contribution in [1.29, 1.82) is 0 Å². The molecule has 2 rings (SSSR count). The lowest BCUT2D eigenvalue weighted by Gasteiger charge is -2.13. The van der Waals surface area contributed by atoms with Crippen molar-refractivity contribution >= 4 is 47.0 Å².